The highest BCUT2D eigenvalue weighted by Crippen LogP contribution is 2.35. The van der Waals surface area contributed by atoms with E-state index in [0.717, 1.165) is 32.0 Å². The molecule has 9 heteroatoms. The highest BCUT2D eigenvalue weighted by atomic mass is 19.2. The van der Waals surface area contributed by atoms with E-state index in [1.165, 1.54) is 6.07 Å². The number of anilines is 1. The SMILES string of the molecule is Nc1ncccc1C(=O)NCC1CCN(CC2COc3ccc(F)c(F)c3O2)CC1. The van der Waals surface area contributed by atoms with Gasteiger partial charge in [0.15, 0.2) is 11.6 Å². The number of carbonyl (C=O) groups is 1. The van der Waals surface area contributed by atoms with Crippen LogP contribution in [0.1, 0.15) is 23.2 Å². The summed E-state index contributed by atoms with van der Waals surface area (Å²) in [4.78, 5) is 18.4. The normalized spacial score (nSPS) is 19.5. The number of nitrogens with one attached hydrogen (secondary N) is 1. The monoisotopic (exact) mass is 418 g/mol. The summed E-state index contributed by atoms with van der Waals surface area (Å²) in [6, 6.07) is 5.74. The van der Waals surface area contributed by atoms with E-state index in [1.54, 1.807) is 18.3 Å². The van der Waals surface area contributed by atoms with Gasteiger partial charge in [-0.1, -0.05) is 0 Å². The molecule has 160 valence electrons. The summed E-state index contributed by atoms with van der Waals surface area (Å²) in [6.07, 6.45) is 3.01. The van der Waals surface area contributed by atoms with Crippen LogP contribution in [0.2, 0.25) is 0 Å². The second kappa shape index (κ2) is 8.83. The van der Waals surface area contributed by atoms with E-state index in [-0.39, 0.29) is 29.3 Å². The van der Waals surface area contributed by atoms with Crippen molar-refractivity contribution in [1.82, 2.24) is 15.2 Å². The van der Waals surface area contributed by atoms with Crippen LogP contribution in [0.25, 0.3) is 0 Å². The molecule has 2 aliphatic heterocycles. The Kier molecular flexibility index (Phi) is 5.98. The third-order valence-electron chi connectivity index (χ3n) is 5.53. The summed E-state index contributed by atoms with van der Waals surface area (Å²) >= 11 is 0. The largest absolute Gasteiger partial charge is 0.486 e. The van der Waals surface area contributed by atoms with Crippen LogP contribution in [0.5, 0.6) is 11.5 Å². The summed E-state index contributed by atoms with van der Waals surface area (Å²) in [5.41, 5.74) is 6.12. The first kappa shape index (κ1) is 20.3. The Morgan fingerprint density at radius 3 is 2.83 bits per heavy atom. The van der Waals surface area contributed by atoms with Crippen molar-refractivity contribution in [3.05, 3.63) is 47.7 Å². The molecule has 1 unspecified atom stereocenters. The number of nitrogen functional groups attached to an aromatic ring is 1. The van der Waals surface area contributed by atoms with Crippen LogP contribution >= 0.6 is 0 Å². The van der Waals surface area contributed by atoms with Gasteiger partial charge in [-0.2, -0.15) is 4.39 Å². The molecule has 1 atom stereocenters. The van der Waals surface area contributed by atoms with E-state index >= 15 is 0 Å². The number of ether oxygens (including phenoxy) is 2. The Morgan fingerprint density at radius 1 is 1.27 bits per heavy atom. The molecule has 0 bridgehead atoms. The lowest BCUT2D eigenvalue weighted by molar-refractivity contribution is 0.0434. The maximum Gasteiger partial charge on any atom is 0.255 e. The Morgan fingerprint density at radius 2 is 2.07 bits per heavy atom. The molecule has 2 aromatic rings. The van der Waals surface area contributed by atoms with Crippen LogP contribution in [0.3, 0.4) is 0 Å². The van der Waals surface area contributed by atoms with Crippen LogP contribution in [-0.4, -0.2) is 54.7 Å². The zero-order valence-electron chi connectivity index (χ0n) is 16.4. The average Bonchev–Trinajstić information content (AvgIpc) is 2.76. The molecule has 0 spiro atoms. The maximum atomic E-state index is 13.9. The first-order valence-corrected chi connectivity index (χ1v) is 9.99. The molecule has 1 amide bonds. The fourth-order valence-electron chi connectivity index (χ4n) is 3.81. The first-order chi connectivity index (χ1) is 14.5. The number of nitrogens with two attached hydrogens (primary N) is 1. The predicted molar refractivity (Wildman–Crippen MR) is 106 cm³/mol. The quantitative estimate of drug-likeness (QED) is 0.774. The van der Waals surface area contributed by atoms with Crippen molar-refractivity contribution in [2.45, 2.75) is 18.9 Å². The fraction of sp³-hybridized carbons (Fsp3) is 0.429. The van der Waals surface area contributed by atoms with Gasteiger partial charge < -0.3 is 20.5 Å². The number of nitrogens with zero attached hydrogens (tertiary/aromatic N) is 2. The van der Waals surface area contributed by atoms with Gasteiger partial charge in [-0.05, 0) is 56.1 Å². The van der Waals surface area contributed by atoms with Gasteiger partial charge in [-0.15, -0.1) is 0 Å². The number of amides is 1. The zero-order chi connectivity index (χ0) is 21.1. The fourth-order valence-corrected chi connectivity index (χ4v) is 3.81. The third-order valence-corrected chi connectivity index (χ3v) is 5.53. The zero-order valence-corrected chi connectivity index (χ0v) is 16.4. The van der Waals surface area contributed by atoms with Gasteiger partial charge in [0, 0.05) is 19.3 Å². The van der Waals surface area contributed by atoms with Crippen molar-refractivity contribution < 1.29 is 23.0 Å². The standard InChI is InChI=1S/C21H24F2N4O3/c22-16-3-4-17-19(18(16)23)30-14(12-29-17)11-27-8-5-13(6-9-27)10-26-21(28)15-2-1-7-25-20(15)24/h1-4,7,13-14H,5-6,8-12H2,(H2,24,25)(H,26,28). The molecule has 4 rings (SSSR count). The number of rotatable bonds is 5. The van der Waals surface area contributed by atoms with Crippen molar-refractivity contribution in [3.63, 3.8) is 0 Å². The molecule has 2 aliphatic rings. The molecule has 7 nitrogen and oxygen atoms in total. The lowest BCUT2D eigenvalue weighted by Gasteiger charge is -2.35. The number of aromatic nitrogens is 1. The molecule has 0 aliphatic carbocycles. The molecule has 1 saturated heterocycles. The van der Waals surface area contributed by atoms with Gasteiger partial charge in [0.25, 0.3) is 5.91 Å². The summed E-state index contributed by atoms with van der Waals surface area (Å²) in [6.45, 7) is 3.09. The number of carbonyl (C=O) groups excluding carboxylic acids is 1. The number of benzene rings is 1. The van der Waals surface area contributed by atoms with Gasteiger partial charge in [0.2, 0.25) is 11.6 Å². The molecule has 30 heavy (non-hydrogen) atoms. The molecule has 0 radical (unpaired) electrons. The number of fused-ring (bicyclic) bond motifs is 1. The number of halogens is 2. The number of hydrogen-bond acceptors (Lipinski definition) is 6. The topological polar surface area (TPSA) is 89.7 Å². The van der Waals surface area contributed by atoms with Crippen molar-refractivity contribution in [1.29, 1.82) is 0 Å². The van der Waals surface area contributed by atoms with Gasteiger partial charge in [-0.25, -0.2) is 9.37 Å². The third kappa shape index (κ3) is 4.46. The Labute approximate surface area is 173 Å². The summed E-state index contributed by atoms with van der Waals surface area (Å²) in [7, 11) is 0. The van der Waals surface area contributed by atoms with Crippen molar-refractivity contribution in [2.75, 3.05) is 38.5 Å². The summed E-state index contributed by atoms with van der Waals surface area (Å²) in [5.74, 6) is -1.53. The van der Waals surface area contributed by atoms with Crippen LogP contribution in [0.4, 0.5) is 14.6 Å². The summed E-state index contributed by atoms with van der Waals surface area (Å²) in [5, 5.41) is 2.93. The molecule has 3 heterocycles. The second-order valence-electron chi connectivity index (χ2n) is 7.63. The van der Waals surface area contributed by atoms with Crippen molar-refractivity contribution in [2.24, 2.45) is 5.92 Å². The van der Waals surface area contributed by atoms with Crippen LogP contribution in [0, 0.1) is 17.6 Å². The maximum absolute atomic E-state index is 13.9. The molecule has 1 aromatic heterocycles. The minimum atomic E-state index is -1.01. The Hall–Kier alpha value is -2.94. The van der Waals surface area contributed by atoms with Gasteiger partial charge in [0.05, 0.1) is 5.56 Å². The van der Waals surface area contributed by atoms with E-state index in [2.05, 4.69) is 15.2 Å². The molecular formula is C21H24F2N4O3. The average molecular weight is 418 g/mol. The smallest absolute Gasteiger partial charge is 0.255 e. The van der Waals surface area contributed by atoms with Crippen molar-refractivity contribution >= 4 is 11.7 Å². The Balaban J connectivity index is 1.23. The lowest BCUT2D eigenvalue weighted by atomic mass is 9.96. The number of hydrogen-bond donors (Lipinski definition) is 2. The molecular weight excluding hydrogens is 394 g/mol. The minimum Gasteiger partial charge on any atom is -0.486 e. The van der Waals surface area contributed by atoms with E-state index in [0.29, 0.717) is 31.2 Å². The highest BCUT2D eigenvalue weighted by molar-refractivity contribution is 5.98. The molecule has 3 N–H and O–H groups in total. The predicted octanol–water partition coefficient (Wildman–Crippen LogP) is 2.22. The number of likely N-dealkylation sites (tertiary alicyclic amines) is 1. The molecule has 1 fully saturated rings. The van der Waals surface area contributed by atoms with Crippen LogP contribution in [-0.2, 0) is 0 Å². The van der Waals surface area contributed by atoms with Gasteiger partial charge in [-0.3, -0.25) is 9.69 Å². The van der Waals surface area contributed by atoms with Crippen molar-refractivity contribution in [3.8, 4) is 11.5 Å². The number of piperidine rings is 1. The van der Waals surface area contributed by atoms with Gasteiger partial charge >= 0.3 is 0 Å². The molecule has 1 aromatic carbocycles. The lowest BCUT2D eigenvalue weighted by Crippen LogP contribution is -2.45. The first-order valence-electron chi connectivity index (χ1n) is 9.99. The molecule has 0 saturated carbocycles. The van der Waals surface area contributed by atoms with Crippen LogP contribution in [0.15, 0.2) is 30.5 Å². The van der Waals surface area contributed by atoms with E-state index < -0.39 is 11.6 Å². The Bertz CT molecular complexity index is 919. The highest BCUT2D eigenvalue weighted by Gasteiger charge is 2.29. The summed E-state index contributed by atoms with van der Waals surface area (Å²) < 4.78 is 38.6. The van der Waals surface area contributed by atoms with Crippen LogP contribution < -0.4 is 20.5 Å². The minimum absolute atomic E-state index is 0.154. The van der Waals surface area contributed by atoms with E-state index in [1.807, 2.05) is 0 Å². The van der Waals surface area contributed by atoms with E-state index in [9.17, 15) is 13.6 Å². The number of pyridine rings is 1. The second-order valence-corrected chi connectivity index (χ2v) is 7.63. The van der Waals surface area contributed by atoms with E-state index in [4.69, 9.17) is 15.2 Å². The van der Waals surface area contributed by atoms with Gasteiger partial charge in [0.1, 0.15) is 18.5 Å².